The lowest BCUT2D eigenvalue weighted by Crippen LogP contribution is -2.25. The van der Waals surface area contributed by atoms with Gasteiger partial charge in [-0.15, -0.1) is 17.9 Å². The molecule has 0 unspecified atom stereocenters. The van der Waals surface area contributed by atoms with Crippen molar-refractivity contribution in [3.05, 3.63) is 63.9 Å². The Labute approximate surface area is 133 Å². The van der Waals surface area contributed by atoms with E-state index in [1.54, 1.807) is 41.7 Å². The van der Waals surface area contributed by atoms with E-state index in [0.717, 1.165) is 9.75 Å². The second-order valence-electron chi connectivity index (χ2n) is 4.83. The van der Waals surface area contributed by atoms with E-state index in [9.17, 15) is 9.59 Å². The third kappa shape index (κ3) is 3.62. The summed E-state index contributed by atoms with van der Waals surface area (Å²) in [5.74, 6) is -0.445. The molecule has 2 rings (SSSR count). The van der Waals surface area contributed by atoms with Crippen molar-refractivity contribution in [1.82, 2.24) is 5.32 Å². The molecule has 0 radical (unpaired) electrons. The number of benzene rings is 1. The zero-order valence-corrected chi connectivity index (χ0v) is 13.4. The number of rotatable bonds is 5. The van der Waals surface area contributed by atoms with Crippen LogP contribution in [0, 0.1) is 13.8 Å². The predicted molar refractivity (Wildman–Crippen MR) is 90.7 cm³/mol. The fourth-order valence-electron chi connectivity index (χ4n) is 2.10. The molecule has 2 N–H and O–H groups in total. The van der Waals surface area contributed by atoms with Crippen LogP contribution in [0.25, 0.3) is 0 Å². The number of thiophene rings is 1. The van der Waals surface area contributed by atoms with E-state index in [1.165, 1.54) is 0 Å². The maximum absolute atomic E-state index is 12.4. The molecular formula is C17H18N2O2S. The first-order valence-corrected chi connectivity index (χ1v) is 7.71. The predicted octanol–water partition coefficient (Wildman–Crippen LogP) is 3.53. The van der Waals surface area contributed by atoms with Crippen LogP contribution < -0.4 is 10.6 Å². The number of carbonyl (C=O) groups excluding carboxylic acids is 2. The number of aryl methyl sites for hydroxylation is 2. The molecule has 0 bridgehead atoms. The zero-order valence-electron chi connectivity index (χ0n) is 12.6. The van der Waals surface area contributed by atoms with Crippen molar-refractivity contribution >= 4 is 28.8 Å². The summed E-state index contributed by atoms with van der Waals surface area (Å²) in [6, 6.07) is 8.80. The SMILES string of the molecule is C=CCNC(=O)c1ccccc1NC(=O)c1cc(C)sc1C. The average molecular weight is 314 g/mol. The monoisotopic (exact) mass is 314 g/mol. The average Bonchev–Trinajstić information content (AvgIpc) is 2.84. The highest BCUT2D eigenvalue weighted by molar-refractivity contribution is 7.12. The Morgan fingerprint density at radius 2 is 1.91 bits per heavy atom. The van der Waals surface area contributed by atoms with Crippen molar-refractivity contribution in [2.75, 3.05) is 11.9 Å². The van der Waals surface area contributed by atoms with Crippen LogP contribution in [0.4, 0.5) is 5.69 Å². The summed E-state index contributed by atoms with van der Waals surface area (Å²) in [6.07, 6.45) is 1.61. The highest BCUT2D eigenvalue weighted by atomic mass is 32.1. The standard InChI is InChI=1S/C17H18N2O2S/c1-4-9-18-16(20)13-7-5-6-8-15(13)19-17(21)14-10-11(2)22-12(14)3/h4-8,10H,1,9H2,2-3H3,(H,18,20)(H,19,21). The van der Waals surface area contributed by atoms with E-state index in [2.05, 4.69) is 17.2 Å². The molecule has 114 valence electrons. The number of hydrogen-bond donors (Lipinski definition) is 2. The summed E-state index contributed by atoms with van der Waals surface area (Å²) < 4.78 is 0. The summed E-state index contributed by atoms with van der Waals surface area (Å²) in [4.78, 5) is 26.5. The Bertz CT molecular complexity index is 719. The second-order valence-corrected chi connectivity index (χ2v) is 6.29. The Hall–Kier alpha value is -2.40. The van der Waals surface area contributed by atoms with Crippen LogP contribution in [0.5, 0.6) is 0 Å². The number of amides is 2. The van der Waals surface area contributed by atoms with E-state index >= 15 is 0 Å². The number of hydrogen-bond acceptors (Lipinski definition) is 3. The van der Waals surface area contributed by atoms with Crippen LogP contribution in [0.15, 0.2) is 43.0 Å². The van der Waals surface area contributed by atoms with Gasteiger partial charge in [0, 0.05) is 16.3 Å². The Balaban J connectivity index is 2.22. The molecule has 0 atom stereocenters. The van der Waals surface area contributed by atoms with Crippen LogP contribution in [0.2, 0.25) is 0 Å². The van der Waals surface area contributed by atoms with Gasteiger partial charge < -0.3 is 10.6 Å². The van der Waals surface area contributed by atoms with Crippen LogP contribution in [-0.4, -0.2) is 18.4 Å². The first-order valence-electron chi connectivity index (χ1n) is 6.89. The molecule has 0 aliphatic heterocycles. The van der Waals surface area contributed by atoms with Crippen molar-refractivity contribution in [2.24, 2.45) is 0 Å². The molecule has 0 saturated carbocycles. The Kier molecular flexibility index (Phi) is 5.12. The second kappa shape index (κ2) is 7.04. The molecule has 0 aliphatic rings. The maximum Gasteiger partial charge on any atom is 0.256 e. The van der Waals surface area contributed by atoms with Gasteiger partial charge in [0.2, 0.25) is 0 Å². The van der Waals surface area contributed by atoms with Gasteiger partial charge in [0.15, 0.2) is 0 Å². The Morgan fingerprint density at radius 3 is 2.55 bits per heavy atom. The van der Waals surface area contributed by atoms with Crippen LogP contribution in [0.3, 0.4) is 0 Å². The molecule has 2 aromatic rings. The third-order valence-corrected chi connectivity index (χ3v) is 4.08. The lowest BCUT2D eigenvalue weighted by atomic mass is 10.1. The number of para-hydroxylation sites is 1. The summed E-state index contributed by atoms with van der Waals surface area (Å²) in [6.45, 7) is 7.82. The van der Waals surface area contributed by atoms with Crippen LogP contribution in [-0.2, 0) is 0 Å². The van der Waals surface area contributed by atoms with Crippen molar-refractivity contribution in [3.8, 4) is 0 Å². The molecule has 22 heavy (non-hydrogen) atoms. The molecular weight excluding hydrogens is 296 g/mol. The largest absolute Gasteiger partial charge is 0.349 e. The molecule has 0 fully saturated rings. The number of carbonyl (C=O) groups is 2. The van der Waals surface area contributed by atoms with Gasteiger partial charge in [0.05, 0.1) is 16.8 Å². The fraction of sp³-hybridized carbons (Fsp3) is 0.176. The van der Waals surface area contributed by atoms with Crippen molar-refractivity contribution in [2.45, 2.75) is 13.8 Å². The molecule has 2 amide bonds. The van der Waals surface area contributed by atoms with Gasteiger partial charge in [-0.2, -0.15) is 0 Å². The van der Waals surface area contributed by atoms with Crippen molar-refractivity contribution < 1.29 is 9.59 Å². The van der Waals surface area contributed by atoms with Gasteiger partial charge in [-0.05, 0) is 32.0 Å². The topological polar surface area (TPSA) is 58.2 Å². The smallest absolute Gasteiger partial charge is 0.256 e. The zero-order chi connectivity index (χ0) is 16.1. The van der Waals surface area contributed by atoms with E-state index in [0.29, 0.717) is 23.4 Å². The number of nitrogens with one attached hydrogen (secondary N) is 2. The van der Waals surface area contributed by atoms with Gasteiger partial charge in [0.25, 0.3) is 11.8 Å². The minimum atomic E-state index is -0.242. The van der Waals surface area contributed by atoms with Gasteiger partial charge in [0.1, 0.15) is 0 Å². The van der Waals surface area contributed by atoms with Gasteiger partial charge >= 0.3 is 0 Å². The molecule has 0 spiro atoms. The molecule has 0 saturated heterocycles. The molecule has 1 aromatic carbocycles. The lowest BCUT2D eigenvalue weighted by molar-refractivity contribution is 0.0959. The summed E-state index contributed by atoms with van der Waals surface area (Å²) in [7, 11) is 0. The highest BCUT2D eigenvalue weighted by Crippen LogP contribution is 2.23. The van der Waals surface area contributed by atoms with E-state index in [4.69, 9.17) is 0 Å². The minimum absolute atomic E-state index is 0.203. The quantitative estimate of drug-likeness (QED) is 0.829. The minimum Gasteiger partial charge on any atom is -0.349 e. The molecule has 0 aliphatic carbocycles. The van der Waals surface area contributed by atoms with Crippen molar-refractivity contribution in [1.29, 1.82) is 0 Å². The van der Waals surface area contributed by atoms with Crippen molar-refractivity contribution in [3.63, 3.8) is 0 Å². The molecule has 1 heterocycles. The first kappa shape index (κ1) is 16.0. The van der Waals surface area contributed by atoms with Gasteiger partial charge in [-0.3, -0.25) is 9.59 Å². The highest BCUT2D eigenvalue weighted by Gasteiger charge is 2.16. The Morgan fingerprint density at radius 1 is 1.18 bits per heavy atom. The molecule has 4 nitrogen and oxygen atoms in total. The normalized spacial score (nSPS) is 10.1. The van der Waals surface area contributed by atoms with Gasteiger partial charge in [-0.25, -0.2) is 0 Å². The van der Waals surface area contributed by atoms with Gasteiger partial charge in [-0.1, -0.05) is 18.2 Å². The first-order chi connectivity index (χ1) is 10.5. The van der Waals surface area contributed by atoms with E-state index < -0.39 is 0 Å². The molecule has 5 heteroatoms. The lowest BCUT2D eigenvalue weighted by Gasteiger charge is -2.10. The summed E-state index contributed by atoms with van der Waals surface area (Å²) in [5, 5.41) is 5.53. The maximum atomic E-state index is 12.4. The van der Waals surface area contributed by atoms with Crippen LogP contribution in [0.1, 0.15) is 30.5 Å². The fourth-order valence-corrected chi connectivity index (χ4v) is 3.02. The van der Waals surface area contributed by atoms with Crippen LogP contribution >= 0.6 is 11.3 Å². The van der Waals surface area contributed by atoms with E-state index in [1.807, 2.05) is 19.9 Å². The summed E-state index contributed by atoms with van der Waals surface area (Å²) in [5.41, 5.74) is 1.57. The summed E-state index contributed by atoms with van der Waals surface area (Å²) >= 11 is 1.58. The third-order valence-electron chi connectivity index (χ3n) is 3.11. The molecule has 1 aromatic heterocycles. The number of anilines is 1. The van der Waals surface area contributed by atoms with E-state index in [-0.39, 0.29) is 11.8 Å².